The van der Waals surface area contributed by atoms with E-state index in [-0.39, 0.29) is 17.6 Å². The number of amides is 1. The number of H-pyrrole nitrogens is 2. The van der Waals surface area contributed by atoms with E-state index in [1.54, 1.807) is 24.8 Å². The number of likely N-dealkylation sites (N-methyl/N-ethyl adjacent to an activating group) is 1. The van der Waals surface area contributed by atoms with Gasteiger partial charge in [-0.25, -0.2) is 9.37 Å². The Morgan fingerprint density at radius 2 is 1.89 bits per heavy atom. The number of aromatic amines is 2. The van der Waals surface area contributed by atoms with Crippen LogP contribution in [0.2, 0.25) is 0 Å². The second-order valence-corrected chi connectivity index (χ2v) is 11.4. The van der Waals surface area contributed by atoms with Crippen molar-refractivity contribution >= 4 is 33.5 Å². The second-order valence-electron chi connectivity index (χ2n) is 11.4. The fourth-order valence-electron chi connectivity index (χ4n) is 5.06. The van der Waals surface area contributed by atoms with Gasteiger partial charge in [-0.1, -0.05) is 13.8 Å². The van der Waals surface area contributed by atoms with Crippen molar-refractivity contribution in [2.24, 2.45) is 5.92 Å². The molecule has 5 aromatic heterocycles. The molecule has 0 aliphatic carbocycles. The lowest BCUT2D eigenvalue weighted by Gasteiger charge is -2.12. The van der Waals surface area contributed by atoms with Gasteiger partial charge in [-0.05, 0) is 67.5 Å². The maximum absolute atomic E-state index is 14.7. The van der Waals surface area contributed by atoms with Crippen LogP contribution in [-0.2, 0) is 4.79 Å². The van der Waals surface area contributed by atoms with Gasteiger partial charge in [-0.2, -0.15) is 5.10 Å². The van der Waals surface area contributed by atoms with Crippen molar-refractivity contribution in [3.63, 3.8) is 0 Å². The number of hydrogen-bond donors (Lipinski definition) is 3. The zero-order chi connectivity index (χ0) is 30.8. The smallest absolute Gasteiger partial charge is 0.224 e. The van der Waals surface area contributed by atoms with Crippen molar-refractivity contribution in [3.05, 3.63) is 73.1 Å². The molecule has 5 heterocycles. The van der Waals surface area contributed by atoms with Crippen molar-refractivity contribution in [2.75, 3.05) is 32.6 Å². The van der Waals surface area contributed by atoms with Gasteiger partial charge < -0.3 is 19.9 Å². The summed E-state index contributed by atoms with van der Waals surface area (Å²) in [5, 5.41) is 12.2. The molecule has 0 bridgehead atoms. The number of hydrogen-bond acceptors (Lipinski definition) is 7. The Bertz CT molecular complexity index is 1960. The van der Waals surface area contributed by atoms with Crippen LogP contribution in [0.25, 0.3) is 55.7 Å². The number of rotatable bonds is 10. The second kappa shape index (κ2) is 12.2. The summed E-state index contributed by atoms with van der Waals surface area (Å²) in [6.07, 6.45) is 7.18. The number of nitrogens with zero attached hydrogens (tertiary/aromatic N) is 5. The standard InChI is InChI=1S/C33H33FN8O2/c1-19(2)9-31(43)38-23-11-21(16-35-17-23)28-15-27-30(18-37-28)40-41-32(27)29-14-26-25(5-6-36-33(26)39-29)20-10-22(34)13-24(12-20)44-8-7-42(3)4/h5-6,10-19H,7-9H2,1-4H3,(H,36,39)(H,38,43)(H,40,41). The molecule has 0 saturated heterocycles. The van der Waals surface area contributed by atoms with E-state index in [9.17, 15) is 9.18 Å². The van der Waals surface area contributed by atoms with Crippen LogP contribution < -0.4 is 10.1 Å². The van der Waals surface area contributed by atoms with E-state index >= 15 is 0 Å². The molecular formula is C33H33FN8O2. The molecule has 0 aliphatic heterocycles. The number of halogens is 1. The molecule has 0 atom stereocenters. The Labute approximate surface area is 253 Å². The highest BCUT2D eigenvalue weighted by Gasteiger charge is 2.17. The SMILES string of the molecule is CC(C)CC(=O)Nc1cncc(-c2cc3c(-c4cc5c(-c6cc(F)cc(OCCN(C)C)c6)ccnc5[nH]4)n[nH]c3cn2)c1. The zero-order valence-corrected chi connectivity index (χ0v) is 25.0. The number of carbonyl (C=O) groups is 1. The van der Waals surface area contributed by atoms with E-state index in [4.69, 9.17) is 4.74 Å². The zero-order valence-electron chi connectivity index (χ0n) is 25.0. The van der Waals surface area contributed by atoms with Gasteiger partial charge in [0.2, 0.25) is 5.91 Å². The minimum atomic E-state index is -0.376. The number of benzene rings is 1. The first kappa shape index (κ1) is 28.9. The molecule has 1 aromatic carbocycles. The molecule has 6 rings (SSSR count). The summed E-state index contributed by atoms with van der Waals surface area (Å²) < 4.78 is 20.5. The molecule has 0 aliphatic rings. The van der Waals surface area contributed by atoms with Crippen molar-refractivity contribution < 1.29 is 13.9 Å². The third kappa shape index (κ3) is 6.28. The van der Waals surface area contributed by atoms with Gasteiger partial charge in [0.15, 0.2) is 0 Å². The molecule has 0 unspecified atom stereocenters. The summed E-state index contributed by atoms with van der Waals surface area (Å²) in [5.74, 6) is 0.292. The van der Waals surface area contributed by atoms with E-state index in [0.717, 1.165) is 39.7 Å². The van der Waals surface area contributed by atoms with Crippen LogP contribution in [0.15, 0.2) is 67.3 Å². The van der Waals surface area contributed by atoms with Crippen molar-refractivity contribution in [2.45, 2.75) is 20.3 Å². The summed E-state index contributed by atoms with van der Waals surface area (Å²) in [6.45, 7) is 5.17. The monoisotopic (exact) mass is 592 g/mol. The van der Waals surface area contributed by atoms with Crippen molar-refractivity contribution in [3.8, 4) is 39.5 Å². The highest BCUT2D eigenvalue weighted by Crippen LogP contribution is 2.35. The number of carbonyl (C=O) groups excluding carboxylic acids is 1. The number of aromatic nitrogens is 6. The molecule has 6 aromatic rings. The average molecular weight is 593 g/mol. The number of pyridine rings is 3. The average Bonchev–Trinajstić information content (AvgIpc) is 3.60. The van der Waals surface area contributed by atoms with E-state index < -0.39 is 0 Å². The molecule has 3 N–H and O–H groups in total. The van der Waals surface area contributed by atoms with Crippen LogP contribution in [0.3, 0.4) is 0 Å². The van der Waals surface area contributed by atoms with Crippen LogP contribution in [0.5, 0.6) is 5.75 Å². The molecule has 44 heavy (non-hydrogen) atoms. The fraction of sp³-hybridized carbons (Fsp3) is 0.242. The Morgan fingerprint density at radius 3 is 2.70 bits per heavy atom. The lowest BCUT2D eigenvalue weighted by Crippen LogP contribution is -2.19. The summed E-state index contributed by atoms with van der Waals surface area (Å²) in [7, 11) is 3.92. The highest BCUT2D eigenvalue weighted by molar-refractivity contribution is 6.00. The highest BCUT2D eigenvalue weighted by atomic mass is 19.1. The summed E-state index contributed by atoms with van der Waals surface area (Å²) in [5.41, 5.74) is 6.41. The van der Waals surface area contributed by atoms with Crippen LogP contribution in [0, 0.1) is 11.7 Å². The Morgan fingerprint density at radius 1 is 1.02 bits per heavy atom. The molecule has 0 fully saturated rings. The summed E-state index contributed by atoms with van der Waals surface area (Å²) in [6, 6.07) is 12.4. The topological polar surface area (TPSA) is 125 Å². The molecule has 11 heteroatoms. The molecule has 0 saturated carbocycles. The summed E-state index contributed by atoms with van der Waals surface area (Å²) in [4.78, 5) is 31.1. The molecule has 10 nitrogen and oxygen atoms in total. The predicted octanol–water partition coefficient (Wildman–Crippen LogP) is 6.29. The first-order valence-corrected chi connectivity index (χ1v) is 14.4. The van der Waals surface area contributed by atoms with Gasteiger partial charge in [0, 0.05) is 47.8 Å². The van der Waals surface area contributed by atoms with Gasteiger partial charge in [0.25, 0.3) is 0 Å². The van der Waals surface area contributed by atoms with Gasteiger partial charge in [-0.3, -0.25) is 19.9 Å². The van der Waals surface area contributed by atoms with Gasteiger partial charge >= 0.3 is 0 Å². The Hall–Kier alpha value is -5.16. The van der Waals surface area contributed by atoms with E-state index in [0.29, 0.717) is 47.1 Å². The fourth-order valence-corrected chi connectivity index (χ4v) is 5.06. The molecule has 0 radical (unpaired) electrons. The maximum atomic E-state index is 14.7. The lowest BCUT2D eigenvalue weighted by atomic mass is 10.0. The van der Waals surface area contributed by atoms with Crippen LogP contribution in [0.4, 0.5) is 10.1 Å². The molecular weight excluding hydrogens is 559 g/mol. The van der Waals surface area contributed by atoms with Gasteiger partial charge in [0.1, 0.15) is 29.5 Å². The minimum absolute atomic E-state index is 0.0578. The number of fused-ring (bicyclic) bond motifs is 2. The first-order valence-electron chi connectivity index (χ1n) is 14.4. The quantitative estimate of drug-likeness (QED) is 0.171. The van der Waals surface area contributed by atoms with E-state index in [1.165, 1.54) is 12.1 Å². The first-order chi connectivity index (χ1) is 21.2. The maximum Gasteiger partial charge on any atom is 0.224 e. The summed E-state index contributed by atoms with van der Waals surface area (Å²) >= 11 is 0. The normalized spacial score (nSPS) is 11.6. The van der Waals surface area contributed by atoms with E-state index in [2.05, 4.69) is 35.5 Å². The largest absolute Gasteiger partial charge is 0.492 e. The molecule has 1 amide bonds. The Balaban J connectivity index is 1.33. The number of anilines is 1. The molecule has 0 spiro atoms. The lowest BCUT2D eigenvalue weighted by molar-refractivity contribution is -0.116. The minimum Gasteiger partial charge on any atom is -0.492 e. The van der Waals surface area contributed by atoms with Crippen LogP contribution in [-0.4, -0.2) is 68.2 Å². The van der Waals surface area contributed by atoms with Crippen LogP contribution >= 0.6 is 0 Å². The third-order valence-corrected chi connectivity index (χ3v) is 7.14. The number of ether oxygens (including phenoxy) is 1. The Kier molecular flexibility index (Phi) is 8.03. The van der Waals surface area contributed by atoms with Crippen LogP contribution in [0.1, 0.15) is 20.3 Å². The van der Waals surface area contributed by atoms with Crippen molar-refractivity contribution in [1.82, 2.24) is 35.0 Å². The third-order valence-electron chi connectivity index (χ3n) is 7.14. The van der Waals surface area contributed by atoms with Gasteiger partial charge in [-0.15, -0.1) is 0 Å². The van der Waals surface area contributed by atoms with Crippen molar-refractivity contribution in [1.29, 1.82) is 0 Å². The molecule has 224 valence electrons. The van der Waals surface area contributed by atoms with Gasteiger partial charge in [0.05, 0.1) is 35.0 Å². The predicted molar refractivity (Wildman–Crippen MR) is 170 cm³/mol. The number of nitrogens with one attached hydrogen (secondary N) is 3. The van der Waals surface area contributed by atoms with E-state index in [1.807, 2.05) is 63.2 Å².